The van der Waals surface area contributed by atoms with E-state index in [1.807, 2.05) is 0 Å². The fraction of sp³-hybridized carbons (Fsp3) is 0.526. The SMILES string of the molecule is [2H]c1c([2H])c([2H])c2c(c1[2H])CCN(C)C(=O)[C@@]2([2H])NC(=O)[C@]([2H])(C)NC(=O)[C@@H](O)C(C)C. The van der Waals surface area contributed by atoms with Crippen LogP contribution in [0.2, 0.25) is 0 Å². The molecule has 3 amide bonds. The van der Waals surface area contributed by atoms with Crippen molar-refractivity contribution in [3.63, 3.8) is 0 Å². The van der Waals surface area contributed by atoms with Crippen molar-refractivity contribution >= 4 is 17.7 Å². The second-order valence-electron chi connectivity index (χ2n) is 6.46. The van der Waals surface area contributed by atoms with Crippen LogP contribution in [0.25, 0.3) is 0 Å². The maximum absolute atomic E-state index is 13.1. The molecular weight excluding hydrogens is 334 g/mol. The molecule has 1 aromatic carbocycles. The summed E-state index contributed by atoms with van der Waals surface area (Å²) < 4.78 is 49.3. The van der Waals surface area contributed by atoms with Gasteiger partial charge in [0.1, 0.15) is 18.1 Å². The first-order valence-corrected chi connectivity index (χ1v) is 8.24. The van der Waals surface area contributed by atoms with Crippen molar-refractivity contribution in [1.29, 1.82) is 0 Å². The molecule has 26 heavy (non-hydrogen) atoms. The standard InChI is InChI=1S/C19H27N3O4/c1-11(2)16(23)18(25)20-12(3)17(24)21-15-14-8-6-5-7-13(14)9-10-22(4)19(15)26/h5-8,11-12,15-16,23H,9-10H2,1-4H3,(H,20,25)(H,21,24)/t12-,15-,16-/m0/s1/i5D,6D,7D,8D,12D,15D. The number of carbonyl (C=O) groups is 3. The van der Waals surface area contributed by atoms with Gasteiger partial charge in [0.2, 0.25) is 17.7 Å². The minimum Gasteiger partial charge on any atom is -0.383 e. The van der Waals surface area contributed by atoms with Crippen LogP contribution in [0, 0.1) is 5.92 Å². The molecule has 1 aliphatic rings. The zero-order chi connectivity index (χ0) is 24.8. The van der Waals surface area contributed by atoms with Crippen LogP contribution in [0.15, 0.2) is 24.2 Å². The summed E-state index contributed by atoms with van der Waals surface area (Å²) in [5.74, 6) is -3.70. The molecule has 1 heterocycles. The third-order valence-corrected chi connectivity index (χ3v) is 4.06. The minimum absolute atomic E-state index is 0.00921. The van der Waals surface area contributed by atoms with Gasteiger partial charge in [-0.1, -0.05) is 38.0 Å². The van der Waals surface area contributed by atoms with Crippen molar-refractivity contribution in [2.75, 3.05) is 13.6 Å². The van der Waals surface area contributed by atoms with Gasteiger partial charge in [0, 0.05) is 13.6 Å². The van der Waals surface area contributed by atoms with Gasteiger partial charge in [-0.05, 0) is 30.4 Å². The topological polar surface area (TPSA) is 98.7 Å². The second-order valence-corrected chi connectivity index (χ2v) is 6.46. The molecule has 2 rings (SSSR count). The molecule has 7 heteroatoms. The maximum Gasteiger partial charge on any atom is 0.249 e. The van der Waals surface area contributed by atoms with Crippen molar-refractivity contribution < 1.29 is 27.7 Å². The maximum atomic E-state index is 13.1. The van der Waals surface area contributed by atoms with Gasteiger partial charge in [-0.3, -0.25) is 14.4 Å². The Morgan fingerprint density at radius 1 is 1.35 bits per heavy atom. The molecule has 0 saturated heterocycles. The normalized spacial score (nSPS) is 26.7. The summed E-state index contributed by atoms with van der Waals surface area (Å²) in [6, 6.07) is -7.32. The lowest BCUT2D eigenvalue weighted by Gasteiger charge is -2.24. The van der Waals surface area contributed by atoms with E-state index >= 15 is 0 Å². The lowest BCUT2D eigenvalue weighted by Crippen LogP contribution is -2.51. The number of nitrogens with zero attached hydrogens (tertiary/aromatic N) is 1. The Kier molecular flexibility index (Phi) is 4.11. The van der Waals surface area contributed by atoms with Crippen LogP contribution in [0.3, 0.4) is 0 Å². The highest BCUT2D eigenvalue weighted by molar-refractivity contribution is 5.93. The third-order valence-electron chi connectivity index (χ3n) is 4.06. The highest BCUT2D eigenvalue weighted by Crippen LogP contribution is 2.24. The van der Waals surface area contributed by atoms with Crippen LogP contribution < -0.4 is 10.6 Å². The predicted molar refractivity (Wildman–Crippen MR) is 97.1 cm³/mol. The summed E-state index contributed by atoms with van der Waals surface area (Å²) in [7, 11) is 1.36. The molecule has 7 nitrogen and oxygen atoms in total. The van der Waals surface area contributed by atoms with Crippen molar-refractivity contribution in [3.05, 3.63) is 35.3 Å². The summed E-state index contributed by atoms with van der Waals surface area (Å²) in [6.45, 7) is 4.17. The second kappa shape index (κ2) is 8.31. The molecule has 1 aromatic rings. The number of fused-ring (bicyclic) bond motifs is 1. The lowest BCUT2D eigenvalue weighted by molar-refractivity contribution is -0.137. The van der Waals surface area contributed by atoms with Crippen molar-refractivity contribution in [3.8, 4) is 0 Å². The molecule has 0 aromatic heterocycles. The van der Waals surface area contributed by atoms with Crippen molar-refractivity contribution in [2.45, 2.75) is 45.3 Å². The van der Waals surface area contributed by atoms with Crippen LogP contribution in [-0.4, -0.2) is 53.4 Å². The fourth-order valence-corrected chi connectivity index (χ4v) is 2.36. The summed E-state index contributed by atoms with van der Waals surface area (Å²) in [5.41, 5.74) is -0.398. The summed E-state index contributed by atoms with van der Waals surface area (Å²) in [4.78, 5) is 39.2. The first-order valence-electron chi connectivity index (χ1n) is 11.2. The Bertz CT molecular complexity index is 971. The highest BCUT2D eigenvalue weighted by Gasteiger charge is 2.32. The predicted octanol–water partition coefficient (Wildman–Crippen LogP) is 0.380. The number of aliphatic hydroxyl groups is 1. The highest BCUT2D eigenvalue weighted by atomic mass is 16.3. The fourth-order valence-electron chi connectivity index (χ4n) is 2.36. The Morgan fingerprint density at radius 2 is 2.00 bits per heavy atom. The van der Waals surface area contributed by atoms with E-state index in [2.05, 4.69) is 10.6 Å². The molecule has 3 N–H and O–H groups in total. The number of aliphatic hydroxyl groups excluding tert-OH is 1. The first-order chi connectivity index (χ1) is 14.6. The van der Waals surface area contributed by atoms with Crippen LogP contribution >= 0.6 is 0 Å². The average molecular weight is 367 g/mol. The van der Waals surface area contributed by atoms with E-state index in [4.69, 9.17) is 8.22 Å². The number of nitrogens with one attached hydrogen (secondary N) is 2. The van der Waals surface area contributed by atoms with E-state index in [1.165, 1.54) is 7.05 Å². The van der Waals surface area contributed by atoms with Gasteiger partial charge in [0.25, 0.3) is 0 Å². The molecule has 0 saturated carbocycles. The summed E-state index contributed by atoms with van der Waals surface area (Å²) >= 11 is 0. The van der Waals surface area contributed by atoms with Gasteiger partial charge < -0.3 is 20.6 Å². The number of rotatable bonds is 5. The summed E-state index contributed by atoms with van der Waals surface area (Å²) in [5, 5.41) is 14.0. The number of hydrogen-bond acceptors (Lipinski definition) is 4. The van der Waals surface area contributed by atoms with Gasteiger partial charge in [0.05, 0.1) is 8.22 Å². The molecule has 0 radical (unpaired) electrons. The van der Waals surface area contributed by atoms with E-state index in [1.54, 1.807) is 13.8 Å². The largest absolute Gasteiger partial charge is 0.383 e. The van der Waals surface area contributed by atoms with Crippen LogP contribution in [0.4, 0.5) is 0 Å². The number of hydrogen-bond donors (Lipinski definition) is 3. The van der Waals surface area contributed by atoms with E-state index < -0.39 is 71.5 Å². The van der Waals surface area contributed by atoms with E-state index in [0.29, 0.717) is 0 Å². The Morgan fingerprint density at radius 3 is 2.65 bits per heavy atom. The molecule has 1 aliphatic heterocycles. The minimum atomic E-state index is -2.67. The Balaban J connectivity index is 2.55. The molecule has 0 bridgehead atoms. The van der Waals surface area contributed by atoms with Crippen LogP contribution in [0.1, 0.15) is 46.1 Å². The lowest BCUT2D eigenvalue weighted by atomic mass is 9.99. The summed E-state index contributed by atoms with van der Waals surface area (Å²) in [6.07, 6.45) is -1.46. The first kappa shape index (κ1) is 12.9. The van der Waals surface area contributed by atoms with E-state index in [0.717, 1.165) is 11.8 Å². The molecule has 0 aliphatic carbocycles. The van der Waals surface area contributed by atoms with E-state index in [9.17, 15) is 19.5 Å². The van der Waals surface area contributed by atoms with Crippen molar-refractivity contribution in [1.82, 2.24) is 15.5 Å². The number of amides is 3. The quantitative estimate of drug-likeness (QED) is 0.701. The number of likely N-dealkylation sites (N-methyl/N-ethyl adjacent to an activating group) is 1. The van der Waals surface area contributed by atoms with Gasteiger partial charge >= 0.3 is 0 Å². The van der Waals surface area contributed by atoms with Gasteiger partial charge in [-0.15, -0.1) is 0 Å². The average Bonchev–Trinajstić information content (AvgIpc) is 2.79. The van der Waals surface area contributed by atoms with Gasteiger partial charge in [-0.25, -0.2) is 0 Å². The number of carbonyl (C=O) groups excluding carboxylic acids is 3. The molecule has 0 spiro atoms. The Hall–Kier alpha value is -2.41. The van der Waals surface area contributed by atoms with Gasteiger partial charge in [-0.2, -0.15) is 0 Å². The van der Waals surface area contributed by atoms with Crippen molar-refractivity contribution in [2.24, 2.45) is 5.92 Å². The molecule has 3 atom stereocenters. The zero-order valence-electron chi connectivity index (χ0n) is 21.2. The monoisotopic (exact) mass is 367 g/mol. The zero-order valence-corrected chi connectivity index (χ0v) is 15.2. The molecule has 142 valence electrons. The molecule has 0 fully saturated rings. The smallest absolute Gasteiger partial charge is 0.249 e. The van der Waals surface area contributed by atoms with Crippen LogP contribution in [0.5, 0.6) is 0 Å². The Labute approximate surface area is 162 Å². The number of benzene rings is 1. The third kappa shape index (κ3) is 4.40. The molecular formula is C19H27N3O4. The molecule has 0 unspecified atom stereocenters. The van der Waals surface area contributed by atoms with Crippen LogP contribution in [-0.2, 0) is 20.8 Å². The van der Waals surface area contributed by atoms with Gasteiger partial charge in [0.15, 0.2) is 0 Å². The van der Waals surface area contributed by atoms with E-state index in [-0.39, 0.29) is 18.5 Å².